The molecule has 0 bridgehead atoms. The highest BCUT2D eigenvalue weighted by Crippen LogP contribution is 2.20. The highest BCUT2D eigenvalue weighted by atomic mass is 16.7. The molecule has 0 unspecified atom stereocenters. The molecule has 88 valence electrons. The van der Waals surface area contributed by atoms with E-state index in [-0.39, 0.29) is 0 Å². The van der Waals surface area contributed by atoms with E-state index >= 15 is 0 Å². The van der Waals surface area contributed by atoms with Crippen molar-refractivity contribution in [2.45, 2.75) is 19.3 Å². The van der Waals surface area contributed by atoms with Crippen LogP contribution in [0, 0.1) is 0 Å². The van der Waals surface area contributed by atoms with Gasteiger partial charge >= 0.3 is 0 Å². The Bertz CT molecular complexity index is 509. The van der Waals surface area contributed by atoms with Crippen molar-refractivity contribution >= 4 is 10.9 Å². The number of fused-ring (bicyclic) bond motifs is 1. The van der Waals surface area contributed by atoms with Gasteiger partial charge in [-0.1, -0.05) is 6.42 Å². The molecule has 2 heterocycles. The largest absolute Gasteiger partial charge is 0.406 e. The van der Waals surface area contributed by atoms with Crippen LogP contribution in [0.2, 0.25) is 0 Å². The molecule has 3 rings (SSSR count). The second kappa shape index (κ2) is 4.67. The van der Waals surface area contributed by atoms with Crippen LogP contribution < -0.4 is 4.84 Å². The Morgan fingerprint density at radius 2 is 2.00 bits per heavy atom. The summed E-state index contributed by atoms with van der Waals surface area (Å²) >= 11 is 0. The van der Waals surface area contributed by atoms with Gasteiger partial charge in [0.05, 0.1) is 5.52 Å². The molecule has 2 aromatic rings. The lowest BCUT2D eigenvalue weighted by Crippen LogP contribution is -2.32. The van der Waals surface area contributed by atoms with E-state index in [2.05, 4.69) is 9.97 Å². The fourth-order valence-electron chi connectivity index (χ4n) is 2.12. The number of hydrogen-bond acceptors (Lipinski definition) is 4. The molecule has 1 fully saturated rings. The number of nitrogens with zero attached hydrogens (tertiary/aromatic N) is 3. The summed E-state index contributed by atoms with van der Waals surface area (Å²) in [6.07, 6.45) is 7.12. The van der Waals surface area contributed by atoms with Crippen molar-refractivity contribution in [2.24, 2.45) is 0 Å². The van der Waals surface area contributed by atoms with Crippen molar-refractivity contribution in [3.8, 4) is 5.75 Å². The lowest BCUT2D eigenvalue weighted by atomic mass is 10.2. The number of aromatic nitrogens is 2. The van der Waals surface area contributed by atoms with Crippen LogP contribution in [0.5, 0.6) is 5.75 Å². The molecule has 1 aliphatic rings. The average Bonchev–Trinajstić information content (AvgIpc) is 2.40. The van der Waals surface area contributed by atoms with Crippen LogP contribution in [0.25, 0.3) is 10.9 Å². The third-order valence-corrected chi connectivity index (χ3v) is 3.03. The minimum Gasteiger partial charge on any atom is -0.406 e. The summed E-state index contributed by atoms with van der Waals surface area (Å²) in [7, 11) is 0. The molecular formula is C13H15N3O. The van der Waals surface area contributed by atoms with Crippen molar-refractivity contribution < 1.29 is 4.84 Å². The second-order valence-corrected chi connectivity index (χ2v) is 4.32. The number of benzene rings is 1. The fraction of sp³-hybridized carbons (Fsp3) is 0.385. The maximum atomic E-state index is 5.84. The molecule has 0 aliphatic carbocycles. The zero-order chi connectivity index (χ0) is 11.5. The maximum absolute atomic E-state index is 5.84. The summed E-state index contributed by atoms with van der Waals surface area (Å²) in [5.41, 5.74) is 0.950. The van der Waals surface area contributed by atoms with E-state index in [1.54, 1.807) is 6.33 Å². The highest BCUT2D eigenvalue weighted by Gasteiger charge is 2.11. The second-order valence-electron chi connectivity index (χ2n) is 4.32. The van der Waals surface area contributed by atoms with Gasteiger partial charge in [0.1, 0.15) is 12.1 Å². The van der Waals surface area contributed by atoms with E-state index < -0.39 is 0 Å². The van der Waals surface area contributed by atoms with Crippen LogP contribution >= 0.6 is 0 Å². The molecule has 17 heavy (non-hydrogen) atoms. The molecule has 4 heteroatoms. The minimum atomic E-state index is 0.870. The lowest BCUT2D eigenvalue weighted by molar-refractivity contribution is -0.0718. The van der Waals surface area contributed by atoms with Crippen molar-refractivity contribution in [1.29, 1.82) is 0 Å². The Hall–Kier alpha value is -1.68. The SMILES string of the molecule is c1ncc2cc(ON3CCCCC3)ccc2n1. The molecule has 0 radical (unpaired) electrons. The van der Waals surface area contributed by atoms with Crippen LogP contribution in [-0.4, -0.2) is 28.1 Å². The van der Waals surface area contributed by atoms with E-state index in [0.717, 1.165) is 29.7 Å². The summed E-state index contributed by atoms with van der Waals surface area (Å²) in [5, 5.41) is 3.05. The van der Waals surface area contributed by atoms with E-state index in [0.29, 0.717) is 0 Å². The predicted molar refractivity (Wildman–Crippen MR) is 65.6 cm³/mol. The molecule has 0 N–H and O–H groups in total. The summed E-state index contributed by atoms with van der Waals surface area (Å²) in [6, 6.07) is 5.92. The average molecular weight is 229 g/mol. The molecule has 0 spiro atoms. The number of piperidine rings is 1. The molecule has 1 aromatic carbocycles. The van der Waals surface area contributed by atoms with Gasteiger partial charge < -0.3 is 4.84 Å². The summed E-state index contributed by atoms with van der Waals surface area (Å²) in [6.45, 7) is 2.03. The molecule has 4 nitrogen and oxygen atoms in total. The Kier molecular flexibility index (Phi) is 2.88. The Morgan fingerprint density at radius 3 is 2.88 bits per heavy atom. The third kappa shape index (κ3) is 2.36. The van der Waals surface area contributed by atoms with Crippen molar-refractivity contribution in [1.82, 2.24) is 15.0 Å². The van der Waals surface area contributed by atoms with E-state index in [1.165, 1.54) is 19.3 Å². The van der Waals surface area contributed by atoms with Gasteiger partial charge in [0.25, 0.3) is 0 Å². The number of rotatable bonds is 2. The van der Waals surface area contributed by atoms with Gasteiger partial charge in [-0.15, -0.1) is 5.06 Å². The zero-order valence-corrected chi connectivity index (χ0v) is 9.67. The van der Waals surface area contributed by atoms with Crippen molar-refractivity contribution in [3.63, 3.8) is 0 Å². The van der Waals surface area contributed by atoms with Crippen LogP contribution in [-0.2, 0) is 0 Å². The van der Waals surface area contributed by atoms with E-state index in [9.17, 15) is 0 Å². The molecule has 0 saturated carbocycles. The quantitative estimate of drug-likeness (QED) is 0.792. The van der Waals surface area contributed by atoms with Crippen molar-refractivity contribution in [2.75, 3.05) is 13.1 Å². The van der Waals surface area contributed by atoms with Crippen LogP contribution in [0.15, 0.2) is 30.7 Å². The van der Waals surface area contributed by atoms with Gasteiger partial charge in [-0.2, -0.15) is 0 Å². The Labute approximate surface area is 100 Å². The van der Waals surface area contributed by atoms with Crippen LogP contribution in [0.1, 0.15) is 19.3 Å². The molecule has 1 saturated heterocycles. The van der Waals surface area contributed by atoms with Crippen LogP contribution in [0.3, 0.4) is 0 Å². The van der Waals surface area contributed by atoms with Crippen LogP contribution in [0.4, 0.5) is 0 Å². The topological polar surface area (TPSA) is 38.2 Å². The first-order valence-electron chi connectivity index (χ1n) is 6.04. The van der Waals surface area contributed by atoms with E-state index in [1.807, 2.05) is 29.5 Å². The minimum absolute atomic E-state index is 0.870. The Morgan fingerprint density at radius 1 is 1.12 bits per heavy atom. The fourth-order valence-corrected chi connectivity index (χ4v) is 2.12. The van der Waals surface area contributed by atoms with Gasteiger partial charge in [0.2, 0.25) is 0 Å². The molecule has 0 amide bonds. The third-order valence-electron chi connectivity index (χ3n) is 3.03. The summed E-state index contributed by atoms with van der Waals surface area (Å²) in [5.74, 6) is 0.870. The van der Waals surface area contributed by atoms with Crippen molar-refractivity contribution in [3.05, 3.63) is 30.7 Å². The smallest absolute Gasteiger partial charge is 0.148 e. The molecule has 1 aliphatic heterocycles. The summed E-state index contributed by atoms with van der Waals surface area (Å²) in [4.78, 5) is 14.1. The first kappa shape index (κ1) is 10.5. The van der Waals surface area contributed by atoms with E-state index in [4.69, 9.17) is 4.84 Å². The zero-order valence-electron chi connectivity index (χ0n) is 9.67. The van der Waals surface area contributed by atoms with Gasteiger partial charge in [-0.3, -0.25) is 0 Å². The maximum Gasteiger partial charge on any atom is 0.148 e. The molecule has 1 aromatic heterocycles. The molecular weight excluding hydrogens is 214 g/mol. The molecule has 0 atom stereocenters. The predicted octanol–water partition coefficient (Wildman–Crippen LogP) is 2.41. The summed E-state index contributed by atoms with van der Waals surface area (Å²) < 4.78 is 0. The van der Waals surface area contributed by atoms with Gasteiger partial charge in [0.15, 0.2) is 0 Å². The van der Waals surface area contributed by atoms with Gasteiger partial charge in [0, 0.05) is 24.7 Å². The number of hydrogen-bond donors (Lipinski definition) is 0. The Balaban J connectivity index is 1.80. The standard InChI is InChI=1S/C13H15N3O/c1-2-6-16(7-3-1)17-12-4-5-13-11(8-12)9-14-10-15-13/h4-5,8-10H,1-3,6-7H2. The van der Waals surface area contributed by atoms with Gasteiger partial charge in [-0.05, 0) is 31.0 Å². The lowest BCUT2D eigenvalue weighted by Gasteiger charge is -2.26. The monoisotopic (exact) mass is 229 g/mol. The normalized spacial score (nSPS) is 17.2. The first-order chi connectivity index (χ1) is 8.42. The first-order valence-corrected chi connectivity index (χ1v) is 6.04. The highest BCUT2D eigenvalue weighted by molar-refractivity contribution is 5.78. The van der Waals surface area contributed by atoms with Gasteiger partial charge in [-0.25, -0.2) is 9.97 Å². The number of hydroxylamine groups is 2.